The number of nitrogens with zero attached hydrogens (tertiary/aromatic N) is 1. The second kappa shape index (κ2) is 6.05. The summed E-state index contributed by atoms with van der Waals surface area (Å²) >= 11 is 0. The summed E-state index contributed by atoms with van der Waals surface area (Å²) in [7, 11) is 0. The highest BCUT2D eigenvalue weighted by molar-refractivity contribution is 5.80. The molecule has 1 saturated carbocycles. The van der Waals surface area contributed by atoms with Crippen LogP contribution in [0.4, 0.5) is 0 Å². The molecule has 0 aromatic heterocycles. The second-order valence-electron chi connectivity index (χ2n) is 6.33. The molecule has 2 N–H and O–H groups in total. The Morgan fingerprint density at radius 1 is 1.33 bits per heavy atom. The van der Waals surface area contributed by atoms with Gasteiger partial charge in [-0.3, -0.25) is 4.79 Å². The summed E-state index contributed by atoms with van der Waals surface area (Å²) in [5.74, 6) is 1.62. The van der Waals surface area contributed by atoms with Gasteiger partial charge in [0.15, 0.2) is 0 Å². The fourth-order valence-electron chi connectivity index (χ4n) is 3.77. The zero-order chi connectivity index (χ0) is 13.1. The molecule has 2 aliphatic rings. The smallest absolute Gasteiger partial charge is 0.227 e. The first-order valence-electron chi connectivity index (χ1n) is 7.67. The highest BCUT2D eigenvalue weighted by Gasteiger charge is 2.38. The summed E-state index contributed by atoms with van der Waals surface area (Å²) in [6, 6.07) is 0.0893. The number of hydrogen-bond acceptors (Lipinski definition) is 2. The molecule has 104 valence electrons. The Bertz CT molecular complexity index is 282. The lowest BCUT2D eigenvalue weighted by Gasteiger charge is -2.35. The number of carbonyl (C=O) groups excluding carboxylic acids is 1. The maximum absolute atomic E-state index is 12.6. The lowest BCUT2D eigenvalue weighted by Crippen LogP contribution is -2.48. The molecule has 1 saturated heterocycles. The molecule has 2 rings (SSSR count). The molecule has 3 heteroatoms. The van der Waals surface area contributed by atoms with Gasteiger partial charge in [0.1, 0.15) is 0 Å². The number of nitrogens with two attached hydrogens (primary N) is 1. The van der Waals surface area contributed by atoms with Gasteiger partial charge in [0.2, 0.25) is 5.91 Å². The van der Waals surface area contributed by atoms with Crippen LogP contribution >= 0.6 is 0 Å². The van der Waals surface area contributed by atoms with E-state index in [0.717, 1.165) is 31.8 Å². The van der Waals surface area contributed by atoms with Crippen LogP contribution < -0.4 is 5.73 Å². The zero-order valence-electron chi connectivity index (χ0n) is 11.9. The van der Waals surface area contributed by atoms with Gasteiger partial charge in [0.25, 0.3) is 0 Å². The predicted octanol–water partition coefficient (Wildman–Crippen LogP) is 2.40. The molecule has 3 nitrogen and oxygen atoms in total. The van der Waals surface area contributed by atoms with E-state index in [0.29, 0.717) is 11.8 Å². The van der Waals surface area contributed by atoms with Crippen LogP contribution in [0.3, 0.4) is 0 Å². The highest BCUT2D eigenvalue weighted by atomic mass is 16.2. The van der Waals surface area contributed by atoms with Crippen LogP contribution in [0.25, 0.3) is 0 Å². The van der Waals surface area contributed by atoms with Gasteiger partial charge in [-0.25, -0.2) is 0 Å². The molecular formula is C15H28N2O. The van der Waals surface area contributed by atoms with E-state index in [1.165, 1.54) is 25.7 Å². The van der Waals surface area contributed by atoms with Crippen LogP contribution in [0.1, 0.15) is 52.4 Å². The van der Waals surface area contributed by atoms with E-state index in [9.17, 15) is 4.79 Å². The summed E-state index contributed by atoms with van der Waals surface area (Å²) in [5, 5.41) is 0. The average Bonchev–Trinajstić information content (AvgIpc) is 2.78. The molecule has 1 aliphatic heterocycles. The third-order valence-corrected chi connectivity index (χ3v) is 4.85. The van der Waals surface area contributed by atoms with E-state index in [2.05, 4.69) is 18.7 Å². The molecule has 0 radical (unpaired) electrons. The molecule has 2 fully saturated rings. The van der Waals surface area contributed by atoms with Gasteiger partial charge in [-0.2, -0.15) is 0 Å². The third-order valence-electron chi connectivity index (χ3n) is 4.85. The molecule has 4 atom stereocenters. The van der Waals surface area contributed by atoms with Crippen LogP contribution in [0.15, 0.2) is 0 Å². The molecule has 4 unspecified atom stereocenters. The quantitative estimate of drug-likeness (QED) is 0.838. The van der Waals surface area contributed by atoms with Crippen LogP contribution in [0, 0.1) is 17.8 Å². The van der Waals surface area contributed by atoms with Crippen molar-refractivity contribution in [3.63, 3.8) is 0 Å². The van der Waals surface area contributed by atoms with E-state index in [1.54, 1.807) is 0 Å². The van der Waals surface area contributed by atoms with Gasteiger partial charge in [-0.05, 0) is 37.5 Å². The number of likely N-dealkylation sites (tertiary alicyclic amines) is 1. The van der Waals surface area contributed by atoms with Crippen molar-refractivity contribution < 1.29 is 4.79 Å². The first kappa shape index (κ1) is 13.9. The van der Waals surface area contributed by atoms with Gasteiger partial charge in [0.05, 0.1) is 5.92 Å². The van der Waals surface area contributed by atoms with Gasteiger partial charge >= 0.3 is 0 Å². The largest absolute Gasteiger partial charge is 0.342 e. The van der Waals surface area contributed by atoms with Crippen molar-refractivity contribution in [3.05, 3.63) is 0 Å². The topological polar surface area (TPSA) is 46.3 Å². The molecule has 0 spiro atoms. The highest BCUT2D eigenvalue weighted by Crippen LogP contribution is 2.32. The van der Waals surface area contributed by atoms with Crippen molar-refractivity contribution in [2.24, 2.45) is 23.5 Å². The first-order valence-corrected chi connectivity index (χ1v) is 7.67. The van der Waals surface area contributed by atoms with Gasteiger partial charge in [-0.15, -0.1) is 0 Å². The van der Waals surface area contributed by atoms with E-state index in [1.807, 2.05) is 0 Å². The number of carbonyl (C=O) groups is 1. The summed E-state index contributed by atoms with van der Waals surface area (Å²) in [6.45, 7) is 6.35. The normalized spacial score (nSPS) is 36.9. The maximum Gasteiger partial charge on any atom is 0.227 e. The van der Waals surface area contributed by atoms with E-state index in [4.69, 9.17) is 5.73 Å². The fraction of sp³-hybridized carbons (Fsp3) is 0.933. The van der Waals surface area contributed by atoms with Crippen molar-refractivity contribution in [2.75, 3.05) is 13.1 Å². The Kier molecular flexibility index (Phi) is 4.66. The molecule has 0 bridgehead atoms. The molecule has 0 aromatic rings. The van der Waals surface area contributed by atoms with Crippen molar-refractivity contribution in [3.8, 4) is 0 Å². The SMILES string of the molecule is CCCC1CCN(C(=O)C2C(C)CCCC2N)C1. The van der Waals surface area contributed by atoms with Crippen LogP contribution in [-0.2, 0) is 4.79 Å². The molecule has 1 amide bonds. The van der Waals surface area contributed by atoms with Crippen LogP contribution in [0.2, 0.25) is 0 Å². The summed E-state index contributed by atoms with van der Waals surface area (Å²) in [6.07, 6.45) is 7.05. The standard InChI is InChI=1S/C15H28N2O/c1-3-5-12-8-9-17(10-12)15(18)14-11(2)6-4-7-13(14)16/h11-14H,3-10,16H2,1-2H3. The Labute approximate surface area is 111 Å². The van der Waals surface area contributed by atoms with Crippen molar-refractivity contribution in [1.82, 2.24) is 4.90 Å². The average molecular weight is 252 g/mol. The predicted molar refractivity (Wildman–Crippen MR) is 74.1 cm³/mol. The third kappa shape index (κ3) is 2.87. The van der Waals surface area contributed by atoms with E-state index < -0.39 is 0 Å². The van der Waals surface area contributed by atoms with Gasteiger partial charge in [0, 0.05) is 19.1 Å². The first-order chi connectivity index (χ1) is 8.63. The number of hydrogen-bond donors (Lipinski definition) is 1. The zero-order valence-corrected chi connectivity index (χ0v) is 11.9. The van der Waals surface area contributed by atoms with Crippen molar-refractivity contribution in [2.45, 2.75) is 58.4 Å². The van der Waals surface area contributed by atoms with Crippen molar-refractivity contribution in [1.29, 1.82) is 0 Å². The fourth-order valence-corrected chi connectivity index (χ4v) is 3.77. The van der Waals surface area contributed by atoms with Crippen LogP contribution in [0.5, 0.6) is 0 Å². The molecule has 0 aromatic carbocycles. The monoisotopic (exact) mass is 252 g/mol. The Morgan fingerprint density at radius 3 is 2.78 bits per heavy atom. The number of rotatable bonds is 3. The van der Waals surface area contributed by atoms with Crippen LogP contribution in [-0.4, -0.2) is 29.9 Å². The van der Waals surface area contributed by atoms with Crippen molar-refractivity contribution >= 4 is 5.91 Å². The minimum Gasteiger partial charge on any atom is -0.342 e. The molecule has 1 heterocycles. The lowest BCUT2D eigenvalue weighted by molar-refractivity contribution is -0.138. The Hall–Kier alpha value is -0.570. The van der Waals surface area contributed by atoms with E-state index in [-0.39, 0.29) is 12.0 Å². The second-order valence-corrected chi connectivity index (χ2v) is 6.33. The summed E-state index contributed by atoms with van der Waals surface area (Å²) < 4.78 is 0. The molecular weight excluding hydrogens is 224 g/mol. The van der Waals surface area contributed by atoms with Gasteiger partial charge < -0.3 is 10.6 Å². The Balaban J connectivity index is 1.94. The molecule has 18 heavy (non-hydrogen) atoms. The lowest BCUT2D eigenvalue weighted by atomic mass is 9.76. The maximum atomic E-state index is 12.6. The summed E-state index contributed by atoms with van der Waals surface area (Å²) in [4.78, 5) is 14.7. The number of amides is 1. The van der Waals surface area contributed by atoms with E-state index >= 15 is 0 Å². The van der Waals surface area contributed by atoms with Gasteiger partial charge in [-0.1, -0.05) is 26.7 Å². The Morgan fingerprint density at radius 2 is 2.11 bits per heavy atom. The summed E-state index contributed by atoms with van der Waals surface area (Å²) in [5.41, 5.74) is 6.18. The minimum atomic E-state index is 0.0825. The minimum absolute atomic E-state index is 0.0825. The molecule has 1 aliphatic carbocycles.